The molecular formula is C10H8ClNO2. The van der Waals surface area contributed by atoms with E-state index in [0.29, 0.717) is 23.1 Å². The first-order valence-electron chi connectivity index (χ1n) is 3.89. The molecule has 0 N–H and O–H groups in total. The Hall–Kier alpha value is -1.57. The summed E-state index contributed by atoms with van der Waals surface area (Å²) in [5.41, 5.74) is 0.370. The van der Waals surface area contributed by atoms with E-state index in [1.54, 1.807) is 18.2 Å². The molecule has 0 atom stereocenters. The Bertz CT molecular complexity index is 384. The molecule has 72 valence electrons. The summed E-state index contributed by atoms with van der Waals surface area (Å²) in [6, 6.07) is 4.83. The standard InChI is InChI=1S/C10H8ClNO2/c1-2-5-14-10-4-3-8(11)6-9(10)12-7-13/h2-4,6H,1,5H2. The van der Waals surface area contributed by atoms with Crippen LogP contribution in [-0.2, 0) is 4.79 Å². The predicted octanol–water partition coefficient (Wildman–Crippen LogP) is 2.87. The van der Waals surface area contributed by atoms with Crippen molar-refractivity contribution in [3.8, 4) is 5.75 Å². The van der Waals surface area contributed by atoms with Gasteiger partial charge in [0.05, 0.1) is 0 Å². The second-order valence-electron chi connectivity index (χ2n) is 2.41. The maximum Gasteiger partial charge on any atom is 0.240 e. The largest absolute Gasteiger partial charge is 0.487 e. The average Bonchev–Trinajstić information content (AvgIpc) is 2.17. The van der Waals surface area contributed by atoms with Crippen molar-refractivity contribution in [1.82, 2.24) is 0 Å². The maximum atomic E-state index is 10.1. The number of ether oxygens (including phenoxy) is 1. The Morgan fingerprint density at radius 1 is 1.64 bits per heavy atom. The van der Waals surface area contributed by atoms with Crippen molar-refractivity contribution in [1.29, 1.82) is 0 Å². The van der Waals surface area contributed by atoms with Crippen LogP contribution in [0.2, 0.25) is 5.02 Å². The molecule has 4 heteroatoms. The topological polar surface area (TPSA) is 38.7 Å². The molecule has 0 unspecified atom stereocenters. The minimum absolute atomic E-state index is 0.350. The summed E-state index contributed by atoms with van der Waals surface area (Å²) in [5, 5.41) is 0.491. The molecule has 0 radical (unpaired) electrons. The molecule has 0 heterocycles. The minimum Gasteiger partial charge on any atom is -0.487 e. The van der Waals surface area contributed by atoms with Gasteiger partial charge < -0.3 is 4.74 Å². The second-order valence-corrected chi connectivity index (χ2v) is 2.85. The fraction of sp³-hybridized carbons (Fsp3) is 0.100. The predicted molar refractivity (Wildman–Crippen MR) is 54.9 cm³/mol. The zero-order chi connectivity index (χ0) is 10.4. The molecule has 0 bridgehead atoms. The highest BCUT2D eigenvalue weighted by molar-refractivity contribution is 6.30. The quantitative estimate of drug-likeness (QED) is 0.435. The molecule has 1 rings (SSSR count). The van der Waals surface area contributed by atoms with Gasteiger partial charge in [-0.3, -0.25) is 0 Å². The molecule has 14 heavy (non-hydrogen) atoms. The van der Waals surface area contributed by atoms with Crippen LogP contribution in [0.4, 0.5) is 5.69 Å². The summed E-state index contributed by atoms with van der Waals surface area (Å²) < 4.78 is 5.24. The van der Waals surface area contributed by atoms with E-state index in [9.17, 15) is 4.79 Å². The van der Waals surface area contributed by atoms with Crippen molar-refractivity contribution >= 4 is 23.4 Å². The highest BCUT2D eigenvalue weighted by Crippen LogP contribution is 2.30. The first-order valence-corrected chi connectivity index (χ1v) is 4.27. The third-order valence-electron chi connectivity index (χ3n) is 1.44. The molecule has 0 aromatic heterocycles. The number of hydrogen-bond acceptors (Lipinski definition) is 3. The summed E-state index contributed by atoms with van der Waals surface area (Å²) in [4.78, 5) is 13.6. The number of hydrogen-bond donors (Lipinski definition) is 0. The molecule has 0 aliphatic heterocycles. The normalized spacial score (nSPS) is 8.93. The number of carbonyl (C=O) groups excluding carboxylic acids is 1. The van der Waals surface area contributed by atoms with Gasteiger partial charge in [0.25, 0.3) is 0 Å². The molecule has 0 saturated heterocycles. The van der Waals surface area contributed by atoms with E-state index in [4.69, 9.17) is 16.3 Å². The molecule has 3 nitrogen and oxygen atoms in total. The number of isocyanates is 1. The van der Waals surface area contributed by atoms with Gasteiger partial charge in [-0.05, 0) is 18.2 Å². The summed E-state index contributed by atoms with van der Waals surface area (Å²) in [6.45, 7) is 3.86. The molecular weight excluding hydrogens is 202 g/mol. The summed E-state index contributed by atoms with van der Waals surface area (Å²) in [5.74, 6) is 0.484. The SMILES string of the molecule is C=CCOc1ccc(Cl)cc1N=C=O. The monoisotopic (exact) mass is 209 g/mol. The average molecular weight is 210 g/mol. The molecule has 0 aliphatic rings. The molecule has 0 aliphatic carbocycles. The van der Waals surface area contributed by atoms with Crippen molar-refractivity contribution < 1.29 is 9.53 Å². The number of aliphatic imine (C=N–C) groups is 1. The molecule has 0 fully saturated rings. The van der Waals surface area contributed by atoms with E-state index < -0.39 is 0 Å². The minimum atomic E-state index is 0.350. The third-order valence-corrected chi connectivity index (χ3v) is 1.68. The van der Waals surface area contributed by atoms with Crippen LogP contribution in [-0.4, -0.2) is 12.7 Å². The van der Waals surface area contributed by atoms with Gasteiger partial charge >= 0.3 is 0 Å². The lowest BCUT2D eigenvalue weighted by atomic mass is 10.3. The zero-order valence-electron chi connectivity index (χ0n) is 7.37. The van der Waals surface area contributed by atoms with Gasteiger partial charge in [-0.25, -0.2) is 4.79 Å². The molecule has 0 saturated carbocycles. The van der Waals surface area contributed by atoms with E-state index in [1.165, 1.54) is 12.1 Å². The van der Waals surface area contributed by atoms with Crippen molar-refractivity contribution in [2.75, 3.05) is 6.61 Å². The Labute approximate surface area is 86.7 Å². The van der Waals surface area contributed by atoms with Crippen LogP contribution in [0.15, 0.2) is 35.8 Å². The highest BCUT2D eigenvalue weighted by atomic mass is 35.5. The summed E-state index contributed by atoms with van der Waals surface area (Å²) in [6.07, 6.45) is 3.04. The van der Waals surface area contributed by atoms with Gasteiger partial charge in [0, 0.05) is 5.02 Å². The number of halogens is 1. The smallest absolute Gasteiger partial charge is 0.240 e. The molecule has 0 amide bonds. The Morgan fingerprint density at radius 2 is 2.43 bits per heavy atom. The van der Waals surface area contributed by atoms with Crippen molar-refractivity contribution in [2.24, 2.45) is 4.99 Å². The van der Waals surface area contributed by atoms with Crippen molar-refractivity contribution in [3.63, 3.8) is 0 Å². The van der Waals surface area contributed by atoms with Crippen LogP contribution in [0.3, 0.4) is 0 Å². The number of rotatable bonds is 4. The molecule has 1 aromatic carbocycles. The lowest BCUT2D eigenvalue weighted by molar-refractivity contribution is 0.364. The number of benzene rings is 1. The first kappa shape index (κ1) is 10.5. The van der Waals surface area contributed by atoms with E-state index in [-0.39, 0.29) is 0 Å². The Morgan fingerprint density at radius 3 is 3.07 bits per heavy atom. The van der Waals surface area contributed by atoms with Gasteiger partial charge in [-0.15, -0.1) is 0 Å². The fourth-order valence-corrected chi connectivity index (χ4v) is 1.06. The van der Waals surface area contributed by atoms with Crippen LogP contribution >= 0.6 is 11.6 Å². The molecule has 1 aromatic rings. The van der Waals surface area contributed by atoms with Crippen LogP contribution in [0, 0.1) is 0 Å². The van der Waals surface area contributed by atoms with E-state index in [1.807, 2.05) is 0 Å². The third kappa shape index (κ3) is 2.73. The van der Waals surface area contributed by atoms with Crippen LogP contribution in [0.5, 0.6) is 5.75 Å². The summed E-state index contributed by atoms with van der Waals surface area (Å²) in [7, 11) is 0. The van der Waals surface area contributed by atoms with Crippen LogP contribution in [0.25, 0.3) is 0 Å². The van der Waals surface area contributed by atoms with Gasteiger partial charge in [0.15, 0.2) is 0 Å². The lowest BCUT2D eigenvalue weighted by Crippen LogP contribution is -1.92. The maximum absolute atomic E-state index is 10.1. The van der Waals surface area contributed by atoms with Crippen LogP contribution < -0.4 is 4.74 Å². The molecule has 0 spiro atoms. The van der Waals surface area contributed by atoms with E-state index in [0.717, 1.165) is 0 Å². The second kappa shape index (κ2) is 5.22. The van der Waals surface area contributed by atoms with Crippen molar-refractivity contribution in [3.05, 3.63) is 35.9 Å². The highest BCUT2D eigenvalue weighted by Gasteiger charge is 2.02. The van der Waals surface area contributed by atoms with E-state index >= 15 is 0 Å². The number of nitrogens with zero attached hydrogens (tertiary/aromatic N) is 1. The van der Waals surface area contributed by atoms with E-state index in [2.05, 4.69) is 11.6 Å². The van der Waals surface area contributed by atoms with Gasteiger partial charge in [0.2, 0.25) is 6.08 Å². The Kier molecular flexibility index (Phi) is 3.92. The Balaban J connectivity index is 3.01. The first-order chi connectivity index (χ1) is 6.77. The van der Waals surface area contributed by atoms with Crippen LogP contribution in [0.1, 0.15) is 0 Å². The zero-order valence-corrected chi connectivity index (χ0v) is 8.12. The summed E-state index contributed by atoms with van der Waals surface area (Å²) >= 11 is 5.72. The van der Waals surface area contributed by atoms with Gasteiger partial charge in [-0.2, -0.15) is 4.99 Å². The van der Waals surface area contributed by atoms with Gasteiger partial charge in [0.1, 0.15) is 18.0 Å². The van der Waals surface area contributed by atoms with Crippen molar-refractivity contribution in [2.45, 2.75) is 0 Å². The van der Waals surface area contributed by atoms with Gasteiger partial charge in [-0.1, -0.05) is 24.3 Å². The fourth-order valence-electron chi connectivity index (χ4n) is 0.898. The lowest BCUT2D eigenvalue weighted by Gasteiger charge is -2.05.